The molecule has 0 spiro atoms. The third kappa shape index (κ3) is 4.39. The van der Waals surface area contributed by atoms with Crippen LogP contribution in [0.3, 0.4) is 0 Å². The van der Waals surface area contributed by atoms with Crippen molar-refractivity contribution >= 4 is 44.8 Å². The first-order valence-corrected chi connectivity index (χ1v) is 11.9. The van der Waals surface area contributed by atoms with Crippen molar-refractivity contribution in [3.8, 4) is 0 Å². The van der Waals surface area contributed by atoms with Crippen molar-refractivity contribution in [3.63, 3.8) is 0 Å². The Hall–Kier alpha value is -1.76. The molecule has 0 unspecified atom stereocenters. The molecule has 2 aliphatic rings. The zero-order chi connectivity index (χ0) is 20.6. The van der Waals surface area contributed by atoms with Crippen LogP contribution in [0, 0.1) is 11.8 Å². The van der Waals surface area contributed by atoms with Gasteiger partial charge in [-0.3, -0.25) is 9.10 Å². The molecular weight excluding hydrogens is 431 g/mol. The monoisotopic (exact) mass is 452 g/mol. The Bertz CT molecular complexity index is 1010. The van der Waals surface area contributed by atoms with Gasteiger partial charge in [-0.1, -0.05) is 35.7 Å². The lowest BCUT2D eigenvalue weighted by Gasteiger charge is -2.27. The normalized spacial score (nSPS) is 23.2. The van der Waals surface area contributed by atoms with Crippen molar-refractivity contribution < 1.29 is 13.2 Å². The number of hydrogen-bond donors (Lipinski definition) is 1. The number of amides is 1. The van der Waals surface area contributed by atoms with Crippen LogP contribution >= 0.6 is 23.2 Å². The number of carbonyl (C=O) groups is 1. The summed E-state index contributed by atoms with van der Waals surface area (Å²) < 4.78 is 27.7. The summed E-state index contributed by atoms with van der Waals surface area (Å²) in [5.74, 6) is 0.892. The summed E-state index contributed by atoms with van der Waals surface area (Å²) in [4.78, 5) is 12.9. The lowest BCUT2D eigenvalue weighted by Crippen LogP contribution is -2.46. The summed E-state index contributed by atoms with van der Waals surface area (Å²) in [5.41, 5.74) is 0.343. The van der Waals surface area contributed by atoms with Crippen molar-refractivity contribution in [2.24, 2.45) is 11.8 Å². The van der Waals surface area contributed by atoms with Crippen LogP contribution in [0.1, 0.15) is 25.7 Å². The van der Waals surface area contributed by atoms with Crippen molar-refractivity contribution in [2.75, 3.05) is 10.8 Å². The lowest BCUT2D eigenvalue weighted by molar-refractivity contribution is -0.120. The quantitative estimate of drug-likeness (QED) is 0.701. The number of fused-ring (bicyclic) bond motifs is 2. The SMILES string of the molecule is O=C(CN(c1cccc(Cl)c1)S(=O)(=O)c1ccc(Cl)cc1)N[C@@H]1C[C@H]2CC[C@@H]1C2. The van der Waals surface area contributed by atoms with Gasteiger partial charge >= 0.3 is 0 Å². The number of rotatable bonds is 6. The first kappa shape index (κ1) is 20.5. The molecule has 4 rings (SSSR count). The molecule has 2 fully saturated rings. The van der Waals surface area contributed by atoms with Gasteiger partial charge in [-0.2, -0.15) is 0 Å². The minimum absolute atomic E-state index is 0.0644. The second-order valence-electron chi connectivity index (χ2n) is 7.79. The highest BCUT2D eigenvalue weighted by Crippen LogP contribution is 2.44. The van der Waals surface area contributed by atoms with Crippen LogP contribution in [-0.4, -0.2) is 26.9 Å². The Morgan fingerprint density at radius 1 is 1.03 bits per heavy atom. The Morgan fingerprint density at radius 3 is 2.41 bits per heavy atom. The molecule has 0 radical (unpaired) electrons. The van der Waals surface area contributed by atoms with E-state index in [1.165, 1.54) is 30.7 Å². The van der Waals surface area contributed by atoms with Crippen LogP contribution in [0.15, 0.2) is 53.4 Å². The van der Waals surface area contributed by atoms with Crippen molar-refractivity contribution in [1.82, 2.24) is 5.32 Å². The summed E-state index contributed by atoms with van der Waals surface area (Å²) >= 11 is 12.0. The number of hydrogen-bond acceptors (Lipinski definition) is 3. The van der Waals surface area contributed by atoms with E-state index in [1.54, 1.807) is 24.3 Å². The maximum absolute atomic E-state index is 13.3. The zero-order valence-corrected chi connectivity index (χ0v) is 18.1. The summed E-state index contributed by atoms with van der Waals surface area (Å²) in [5, 5.41) is 3.89. The van der Waals surface area contributed by atoms with E-state index in [0.29, 0.717) is 27.6 Å². The molecule has 0 heterocycles. The topological polar surface area (TPSA) is 66.5 Å². The Morgan fingerprint density at radius 2 is 1.79 bits per heavy atom. The first-order valence-electron chi connectivity index (χ1n) is 9.66. The molecule has 154 valence electrons. The van der Waals surface area contributed by atoms with Crippen LogP contribution < -0.4 is 9.62 Å². The fraction of sp³-hybridized carbons (Fsp3) is 0.381. The fourth-order valence-corrected chi connectivity index (χ4v) is 6.21. The van der Waals surface area contributed by atoms with Gasteiger partial charge in [0.25, 0.3) is 10.0 Å². The van der Waals surface area contributed by atoms with E-state index in [0.717, 1.165) is 23.6 Å². The summed E-state index contributed by atoms with van der Waals surface area (Å²) in [6.45, 7) is -0.306. The second-order valence-corrected chi connectivity index (χ2v) is 10.5. The predicted octanol–water partition coefficient (Wildman–Crippen LogP) is 4.49. The van der Waals surface area contributed by atoms with E-state index >= 15 is 0 Å². The molecule has 0 aliphatic heterocycles. The standard InChI is InChI=1S/C21H22Cl2N2O3S/c22-16-6-8-19(9-7-16)29(27,28)25(18-3-1-2-17(23)12-18)13-21(26)24-20-11-14-4-5-15(20)10-14/h1-3,6-9,12,14-15,20H,4-5,10-11,13H2,(H,24,26)/t14-,15+,20+/m0/s1. The number of benzene rings is 2. The summed E-state index contributed by atoms with van der Waals surface area (Å²) in [7, 11) is -3.97. The molecule has 1 amide bonds. The highest BCUT2D eigenvalue weighted by atomic mass is 35.5. The minimum atomic E-state index is -3.97. The van der Waals surface area contributed by atoms with Gasteiger partial charge in [0.05, 0.1) is 10.6 Å². The van der Waals surface area contributed by atoms with Gasteiger partial charge in [0, 0.05) is 16.1 Å². The highest BCUT2D eigenvalue weighted by molar-refractivity contribution is 7.92. The maximum atomic E-state index is 13.3. The second kappa shape index (κ2) is 8.17. The average Bonchev–Trinajstić information content (AvgIpc) is 3.29. The molecule has 1 N–H and O–H groups in total. The Balaban J connectivity index is 1.60. The first-order chi connectivity index (χ1) is 13.8. The number of carbonyl (C=O) groups excluding carboxylic acids is 1. The van der Waals surface area contributed by atoms with Gasteiger partial charge in [0.2, 0.25) is 5.91 Å². The van der Waals surface area contributed by atoms with Crippen molar-refractivity contribution in [2.45, 2.75) is 36.6 Å². The van der Waals surface area contributed by atoms with Gasteiger partial charge in [-0.15, -0.1) is 0 Å². The minimum Gasteiger partial charge on any atom is -0.352 e. The zero-order valence-electron chi connectivity index (χ0n) is 15.7. The lowest BCUT2D eigenvalue weighted by atomic mass is 9.95. The van der Waals surface area contributed by atoms with E-state index in [2.05, 4.69) is 5.32 Å². The number of halogens is 2. The van der Waals surface area contributed by atoms with Crippen LogP contribution in [0.2, 0.25) is 10.0 Å². The highest BCUT2D eigenvalue weighted by Gasteiger charge is 2.40. The van der Waals surface area contributed by atoms with Crippen molar-refractivity contribution in [1.29, 1.82) is 0 Å². The molecule has 0 aromatic heterocycles. The molecule has 0 saturated heterocycles. The van der Waals surface area contributed by atoms with Gasteiger partial charge in [0.15, 0.2) is 0 Å². The van der Waals surface area contributed by atoms with Crippen LogP contribution in [0.25, 0.3) is 0 Å². The van der Waals surface area contributed by atoms with E-state index in [-0.39, 0.29) is 23.4 Å². The number of nitrogens with zero attached hydrogens (tertiary/aromatic N) is 1. The fourth-order valence-electron chi connectivity index (χ4n) is 4.48. The Kier molecular flexibility index (Phi) is 5.78. The Labute approximate surface area is 181 Å². The van der Waals surface area contributed by atoms with Gasteiger partial charge in [-0.05, 0) is 73.6 Å². The molecule has 8 heteroatoms. The van der Waals surface area contributed by atoms with Gasteiger partial charge in [0.1, 0.15) is 6.54 Å². The summed E-state index contributed by atoms with van der Waals surface area (Å²) in [6.07, 6.45) is 4.51. The molecule has 2 aromatic carbocycles. The van der Waals surface area contributed by atoms with Gasteiger partial charge in [-0.25, -0.2) is 8.42 Å². The van der Waals surface area contributed by atoms with E-state index in [4.69, 9.17) is 23.2 Å². The van der Waals surface area contributed by atoms with Crippen molar-refractivity contribution in [3.05, 3.63) is 58.6 Å². The summed E-state index contributed by atoms with van der Waals surface area (Å²) in [6, 6.07) is 12.5. The maximum Gasteiger partial charge on any atom is 0.264 e. The smallest absolute Gasteiger partial charge is 0.264 e. The molecule has 2 aromatic rings. The van der Waals surface area contributed by atoms with Crippen LogP contribution in [0.4, 0.5) is 5.69 Å². The molecule has 29 heavy (non-hydrogen) atoms. The number of nitrogens with one attached hydrogen (secondary N) is 1. The average molecular weight is 453 g/mol. The predicted molar refractivity (Wildman–Crippen MR) is 115 cm³/mol. The number of anilines is 1. The third-order valence-corrected chi connectivity index (χ3v) is 8.14. The largest absolute Gasteiger partial charge is 0.352 e. The molecule has 3 atom stereocenters. The van der Waals surface area contributed by atoms with E-state index < -0.39 is 10.0 Å². The van der Waals surface area contributed by atoms with E-state index in [9.17, 15) is 13.2 Å². The molecule has 2 aliphatic carbocycles. The van der Waals surface area contributed by atoms with Crippen LogP contribution in [0.5, 0.6) is 0 Å². The molecule has 5 nitrogen and oxygen atoms in total. The molecule has 2 bridgehead atoms. The van der Waals surface area contributed by atoms with E-state index in [1.807, 2.05) is 0 Å². The molecular formula is C21H22Cl2N2O3S. The number of sulfonamides is 1. The third-order valence-electron chi connectivity index (χ3n) is 5.87. The van der Waals surface area contributed by atoms with Crippen LogP contribution in [-0.2, 0) is 14.8 Å². The molecule has 2 saturated carbocycles. The van der Waals surface area contributed by atoms with Gasteiger partial charge < -0.3 is 5.32 Å².